The van der Waals surface area contributed by atoms with Crippen molar-refractivity contribution in [1.82, 2.24) is 0 Å². The van der Waals surface area contributed by atoms with Crippen molar-refractivity contribution in [3.05, 3.63) is 29.8 Å². The summed E-state index contributed by atoms with van der Waals surface area (Å²) in [5.74, 6) is 0.163. The van der Waals surface area contributed by atoms with Crippen LogP contribution in [0.2, 0.25) is 0 Å². The summed E-state index contributed by atoms with van der Waals surface area (Å²) in [4.78, 5) is 10.7. The second-order valence-electron chi connectivity index (χ2n) is 2.62. The molecule has 0 aliphatic heterocycles. The van der Waals surface area contributed by atoms with Gasteiger partial charge in [0, 0.05) is 12.1 Å². The summed E-state index contributed by atoms with van der Waals surface area (Å²) in [5.41, 5.74) is 7.22. The fourth-order valence-corrected chi connectivity index (χ4v) is 0.991. The largest absolute Gasteiger partial charge is 0.399 e. The zero-order valence-electron chi connectivity index (χ0n) is 8.50. The first-order valence-electron chi connectivity index (χ1n) is 4.52. The van der Waals surface area contributed by atoms with Crippen LogP contribution in [0.1, 0.15) is 26.3 Å². The van der Waals surface area contributed by atoms with E-state index in [4.69, 9.17) is 5.73 Å². The molecule has 0 heterocycles. The molecule has 0 amide bonds. The molecule has 1 rings (SSSR count). The maximum absolute atomic E-state index is 10.7. The molecule has 0 atom stereocenters. The zero-order chi connectivity index (χ0) is 10.3. The Morgan fingerprint density at radius 3 is 2.46 bits per heavy atom. The lowest BCUT2D eigenvalue weighted by atomic mass is 10.1. The maximum Gasteiger partial charge on any atom is 0.134 e. The number of carbonyl (C=O) groups excluding carboxylic acids is 1. The van der Waals surface area contributed by atoms with Gasteiger partial charge in [0.2, 0.25) is 0 Å². The first-order chi connectivity index (χ1) is 6.18. The normalized spacial score (nSPS) is 8.54. The highest BCUT2D eigenvalue weighted by Crippen LogP contribution is 2.06. The van der Waals surface area contributed by atoms with E-state index >= 15 is 0 Å². The van der Waals surface area contributed by atoms with Crippen LogP contribution in [0.3, 0.4) is 0 Å². The highest BCUT2D eigenvalue weighted by Gasteiger charge is 1.96. The third-order valence-electron chi connectivity index (χ3n) is 1.40. The van der Waals surface area contributed by atoms with Crippen LogP contribution in [0, 0.1) is 0 Å². The van der Waals surface area contributed by atoms with Crippen LogP contribution < -0.4 is 5.73 Å². The van der Waals surface area contributed by atoms with Crippen molar-refractivity contribution in [3.63, 3.8) is 0 Å². The average molecular weight is 179 g/mol. The van der Waals surface area contributed by atoms with Gasteiger partial charge in [-0.3, -0.25) is 4.79 Å². The van der Waals surface area contributed by atoms with Crippen LogP contribution in [0.4, 0.5) is 5.69 Å². The Morgan fingerprint density at radius 1 is 1.38 bits per heavy atom. The summed E-state index contributed by atoms with van der Waals surface area (Å²) in [6.45, 7) is 5.57. The van der Waals surface area contributed by atoms with E-state index < -0.39 is 0 Å². The van der Waals surface area contributed by atoms with Gasteiger partial charge < -0.3 is 5.73 Å². The van der Waals surface area contributed by atoms with Crippen LogP contribution >= 0.6 is 0 Å². The van der Waals surface area contributed by atoms with Gasteiger partial charge in [0.15, 0.2) is 0 Å². The standard InChI is InChI=1S/C9H11NO.C2H6/c1-7(11)5-8-3-2-4-9(10)6-8;1-2/h2-4,6H,5,10H2,1H3;1-2H3. The number of hydrogen-bond acceptors (Lipinski definition) is 2. The second kappa shape index (κ2) is 6.23. The number of benzene rings is 1. The lowest BCUT2D eigenvalue weighted by Gasteiger charge is -1.97. The molecule has 0 unspecified atom stereocenters. The van der Waals surface area contributed by atoms with Crippen molar-refractivity contribution in [2.24, 2.45) is 0 Å². The minimum atomic E-state index is 0.163. The van der Waals surface area contributed by atoms with Gasteiger partial charge in [-0.05, 0) is 24.6 Å². The molecule has 2 N–H and O–H groups in total. The monoisotopic (exact) mass is 179 g/mol. The molecular weight excluding hydrogens is 162 g/mol. The lowest BCUT2D eigenvalue weighted by Crippen LogP contribution is -1.96. The number of nitrogen functional groups attached to an aromatic ring is 1. The highest BCUT2D eigenvalue weighted by molar-refractivity contribution is 5.78. The summed E-state index contributed by atoms with van der Waals surface area (Å²) in [6.07, 6.45) is 0.477. The van der Waals surface area contributed by atoms with Gasteiger partial charge in [-0.1, -0.05) is 26.0 Å². The summed E-state index contributed by atoms with van der Waals surface area (Å²) >= 11 is 0. The van der Waals surface area contributed by atoms with E-state index in [0.29, 0.717) is 12.1 Å². The summed E-state index contributed by atoms with van der Waals surface area (Å²) in [7, 11) is 0. The molecule has 0 aliphatic rings. The molecule has 0 radical (unpaired) electrons. The number of hydrogen-bond donors (Lipinski definition) is 1. The summed E-state index contributed by atoms with van der Waals surface area (Å²) in [6, 6.07) is 7.39. The SMILES string of the molecule is CC.CC(=O)Cc1cccc(N)c1. The summed E-state index contributed by atoms with van der Waals surface area (Å²) < 4.78 is 0. The molecule has 0 bridgehead atoms. The number of ketones is 1. The van der Waals surface area contributed by atoms with Crippen LogP contribution in [0.15, 0.2) is 24.3 Å². The molecule has 72 valence electrons. The molecule has 2 heteroatoms. The van der Waals surface area contributed by atoms with Gasteiger partial charge in [-0.2, -0.15) is 0 Å². The molecule has 0 saturated heterocycles. The number of nitrogens with two attached hydrogens (primary N) is 1. The number of Topliss-reactive ketones (excluding diaryl/α,β-unsaturated/α-hetero) is 1. The van der Waals surface area contributed by atoms with Gasteiger partial charge >= 0.3 is 0 Å². The minimum absolute atomic E-state index is 0.163. The third kappa shape index (κ3) is 5.01. The number of anilines is 1. The van der Waals surface area contributed by atoms with Gasteiger partial charge in [0.1, 0.15) is 5.78 Å². The molecule has 0 aliphatic carbocycles. The first-order valence-corrected chi connectivity index (χ1v) is 4.52. The smallest absolute Gasteiger partial charge is 0.134 e. The van der Waals surface area contributed by atoms with Crippen LogP contribution in [0.5, 0.6) is 0 Å². The fraction of sp³-hybridized carbons (Fsp3) is 0.364. The topological polar surface area (TPSA) is 43.1 Å². The van der Waals surface area contributed by atoms with E-state index in [0.717, 1.165) is 5.56 Å². The van der Waals surface area contributed by atoms with E-state index in [-0.39, 0.29) is 5.78 Å². The maximum atomic E-state index is 10.7. The highest BCUT2D eigenvalue weighted by atomic mass is 16.1. The van der Waals surface area contributed by atoms with Crippen LogP contribution in [0.25, 0.3) is 0 Å². The molecule has 1 aromatic rings. The first kappa shape index (κ1) is 11.7. The van der Waals surface area contributed by atoms with Crippen molar-refractivity contribution in [2.45, 2.75) is 27.2 Å². The Morgan fingerprint density at radius 2 is 2.00 bits per heavy atom. The Balaban J connectivity index is 0.000000671. The van der Waals surface area contributed by atoms with Crippen LogP contribution in [-0.4, -0.2) is 5.78 Å². The zero-order valence-corrected chi connectivity index (χ0v) is 8.50. The lowest BCUT2D eigenvalue weighted by molar-refractivity contribution is -0.116. The second-order valence-corrected chi connectivity index (χ2v) is 2.62. The van der Waals surface area contributed by atoms with E-state index in [2.05, 4.69) is 0 Å². The molecule has 0 aromatic heterocycles. The van der Waals surface area contributed by atoms with Gasteiger partial charge in [0.05, 0.1) is 0 Å². The Kier molecular flexibility index (Phi) is 5.60. The quantitative estimate of drug-likeness (QED) is 0.708. The van der Waals surface area contributed by atoms with Crippen molar-refractivity contribution in [1.29, 1.82) is 0 Å². The van der Waals surface area contributed by atoms with E-state index in [1.807, 2.05) is 38.1 Å². The molecule has 1 aromatic carbocycles. The van der Waals surface area contributed by atoms with E-state index in [9.17, 15) is 4.79 Å². The van der Waals surface area contributed by atoms with Gasteiger partial charge in [-0.15, -0.1) is 0 Å². The molecular formula is C11H17NO. The van der Waals surface area contributed by atoms with Crippen LogP contribution in [-0.2, 0) is 11.2 Å². The van der Waals surface area contributed by atoms with Gasteiger partial charge in [-0.25, -0.2) is 0 Å². The summed E-state index contributed by atoms with van der Waals surface area (Å²) in [5, 5.41) is 0. The molecule has 0 spiro atoms. The van der Waals surface area contributed by atoms with Crippen molar-refractivity contribution in [2.75, 3.05) is 5.73 Å². The van der Waals surface area contributed by atoms with Gasteiger partial charge in [0.25, 0.3) is 0 Å². The average Bonchev–Trinajstić information content (AvgIpc) is 2.06. The molecule has 0 fully saturated rings. The fourth-order valence-electron chi connectivity index (χ4n) is 0.991. The van der Waals surface area contributed by atoms with Crippen molar-refractivity contribution >= 4 is 11.5 Å². The Labute approximate surface area is 79.8 Å². The molecule has 13 heavy (non-hydrogen) atoms. The van der Waals surface area contributed by atoms with E-state index in [1.165, 1.54) is 0 Å². The van der Waals surface area contributed by atoms with Crippen molar-refractivity contribution < 1.29 is 4.79 Å². The Hall–Kier alpha value is -1.31. The Bertz CT molecular complexity index is 269. The molecule has 0 saturated carbocycles. The predicted octanol–water partition coefficient (Wildman–Crippen LogP) is 2.43. The third-order valence-corrected chi connectivity index (χ3v) is 1.40. The van der Waals surface area contributed by atoms with E-state index in [1.54, 1.807) is 6.92 Å². The number of carbonyl (C=O) groups is 1. The van der Waals surface area contributed by atoms with Crippen molar-refractivity contribution in [3.8, 4) is 0 Å². The minimum Gasteiger partial charge on any atom is -0.399 e. The predicted molar refractivity (Wildman–Crippen MR) is 56.6 cm³/mol. The number of rotatable bonds is 2. The molecule has 2 nitrogen and oxygen atoms in total.